The number of nitrogens with two attached hydrogens (primary N) is 1. The van der Waals surface area contributed by atoms with E-state index in [0.29, 0.717) is 6.54 Å². The van der Waals surface area contributed by atoms with E-state index in [1.807, 2.05) is 18.2 Å². The number of ether oxygens (including phenoxy) is 1. The van der Waals surface area contributed by atoms with Crippen LogP contribution in [0.5, 0.6) is 0 Å². The van der Waals surface area contributed by atoms with Crippen LogP contribution in [0, 0.1) is 0 Å². The van der Waals surface area contributed by atoms with Crippen LogP contribution < -0.4 is 5.73 Å². The van der Waals surface area contributed by atoms with Gasteiger partial charge in [-0.2, -0.15) is 0 Å². The molecule has 2 nitrogen and oxygen atoms in total. The maximum atomic E-state index is 5.68. The second kappa shape index (κ2) is 3.13. The number of hydrogen-bond acceptors (Lipinski definition) is 2. The van der Waals surface area contributed by atoms with Gasteiger partial charge in [-0.3, -0.25) is 0 Å². The largest absolute Gasteiger partial charge is 0.360 e. The number of epoxide rings is 1. The molecule has 2 N–H and O–H groups in total. The van der Waals surface area contributed by atoms with E-state index < -0.39 is 0 Å². The molecule has 70 valence electrons. The van der Waals surface area contributed by atoms with Gasteiger partial charge in [-0.15, -0.1) is 0 Å². The number of hydrogen-bond donors (Lipinski definition) is 1. The van der Waals surface area contributed by atoms with E-state index in [-0.39, 0.29) is 11.7 Å². The van der Waals surface area contributed by atoms with Crippen LogP contribution in [0.1, 0.15) is 25.0 Å². The molecule has 1 aliphatic heterocycles. The van der Waals surface area contributed by atoms with E-state index in [0.717, 1.165) is 6.42 Å². The zero-order valence-electron chi connectivity index (χ0n) is 7.86. The molecule has 0 aliphatic carbocycles. The van der Waals surface area contributed by atoms with Crippen LogP contribution in [0.25, 0.3) is 0 Å². The molecule has 1 saturated heterocycles. The lowest BCUT2D eigenvalue weighted by Gasteiger charge is -2.05. The molecule has 1 aliphatic rings. The highest BCUT2D eigenvalue weighted by atomic mass is 16.6. The van der Waals surface area contributed by atoms with Gasteiger partial charge >= 0.3 is 0 Å². The van der Waals surface area contributed by atoms with Crippen molar-refractivity contribution in [2.75, 3.05) is 6.54 Å². The fourth-order valence-corrected chi connectivity index (χ4v) is 1.77. The monoisotopic (exact) mass is 177 g/mol. The summed E-state index contributed by atoms with van der Waals surface area (Å²) in [6, 6.07) is 10.3. The summed E-state index contributed by atoms with van der Waals surface area (Å²) in [6.45, 7) is 2.73. The van der Waals surface area contributed by atoms with E-state index >= 15 is 0 Å². The first-order chi connectivity index (χ1) is 6.32. The van der Waals surface area contributed by atoms with Gasteiger partial charge in [-0.05, 0) is 12.0 Å². The highest BCUT2D eigenvalue weighted by Gasteiger charge is 2.54. The standard InChI is InChI=1S/C11H15NO/c1-2-11(8-12)10(13-11)9-6-4-3-5-7-9/h3-7,10H,2,8,12H2,1H3. The summed E-state index contributed by atoms with van der Waals surface area (Å²) in [5.74, 6) is 0. The summed E-state index contributed by atoms with van der Waals surface area (Å²) in [5.41, 5.74) is 6.86. The van der Waals surface area contributed by atoms with Crippen molar-refractivity contribution in [3.05, 3.63) is 35.9 Å². The Labute approximate surface area is 78.7 Å². The highest BCUT2D eigenvalue weighted by Crippen LogP contribution is 2.50. The van der Waals surface area contributed by atoms with E-state index in [9.17, 15) is 0 Å². The highest BCUT2D eigenvalue weighted by molar-refractivity contribution is 5.26. The summed E-state index contributed by atoms with van der Waals surface area (Å²) in [7, 11) is 0. The molecule has 1 aromatic carbocycles. The predicted molar refractivity (Wildman–Crippen MR) is 52.3 cm³/mol. The topological polar surface area (TPSA) is 38.5 Å². The van der Waals surface area contributed by atoms with Gasteiger partial charge in [0, 0.05) is 6.54 Å². The van der Waals surface area contributed by atoms with Crippen LogP contribution >= 0.6 is 0 Å². The summed E-state index contributed by atoms with van der Waals surface area (Å²) < 4.78 is 5.66. The van der Waals surface area contributed by atoms with E-state index in [1.165, 1.54) is 5.56 Å². The SMILES string of the molecule is CCC1(CN)OC1c1ccccc1. The van der Waals surface area contributed by atoms with Crippen molar-refractivity contribution in [3.63, 3.8) is 0 Å². The van der Waals surface area contributed by atoms with Crippen LogP contribution in [-0.2, 0) is 4.74 Å². The Morgan fingerprint density at radius 3 is 2.54 bits per heavy atom. The molecule has 1 fully saturated rings. The Morgan fingerprint density at radius 2 is 2.08 bits per heavy atom. The quantitative estimate of drug-likeness (QED) is 0.716. The predicted octanol–water partition coefficient (Wildman–Crippen LogP) is 1.87. The Hall–Kier alpha value is -0.860. The average Bonchev–Trinajstić information content (AvgIpc) is 2.95. The molecular weight excluding hydrogens is 162 g/mol. The molecule has 2 rings (SSSR count). The van der Waals surface area contributed by atoms with Crippen LogP contribution in [-0.4, -0.2) is 12.1 Å². The third-order valence-electron chi connectivity index (χ3n) is 2.82. The van der Waals surface area contributed by atoms with Crippen LogP contribution in [0.2, 0.25) is 0 Å². The lowest BCUT2D eigenvalue weighted by Crippen LogP contribution is -2.23. The maximum Gasteiger partial charge on any atom is 0.114 e. The second-order valence-electron chi connectivity index (χ2n) is 3.53. The molecule has 0 spiro atoms. The van der Waals surface area contributed by atoms with Crippen molar-refractivity contribution in [2.24, 2.45) is 5.73 Å². The van der Waals surface area contributed by atoms with E-state index in [1.54, 1.807) is 0 Å². The molecule has 2 heteroatoms. The van der Waals surface area contributed by atoms with Gasteiger partial charge in [0.05, 0.1) is 0 Å². The van der Waals surface area contributed by atoms with Gasteiger partial charge in [0.15, 0.2) is 0 Å². The van der Waals surface area contributed by atoms with Crippen molar-refractivity contribution in [1.29, 1.82) is 0 Å². The second-order valence-corrected chi connectivity index (χ2v) is 3.53. The lowest BCUT2D eigenvalue weighted by molar-refractivity contribution is 0.292. The third kappa shape index (κ3) is 1.36. The Kier molecular flexibility index (Phi) is 2.10. The number of rotatable bonds is 3. The molecule has 13 heavy (non-hydrogen) atoms. The molecule has 0 radical (unpaired) electrons. The Morgan fingerprint density at radius 1 is 1.38 bits per heavy atom. The van der Waals surface area contributed by atoms with Crippen molar-refractivity contribution >= 4 is 0 Å². The zero-order chi connectivity index (χ0) is 9.31. The molecule has 2 unspecified atom stereocenters. The summed E-state index contributed by atoms with van der Waals surface area (Å²) in [5, 5.41) is 0. The van der Waals surface area contributed by atoms with E-state index in [2.05, 4.69) is 19.1 Å². The van der Waals surface area contributed by atoms with Gasteiger partial charge in [0.25, 0.3) is 0 Å². The Balaban J connectivity index is 2.15. The van der Waals surface area contributed by atoms with Gasteiger partial charge in [0.1, 0.15) is 11.7 Å². The zero-order valence-corrected chi connectivity index (χ0v) is 7.86. The minimum absolute atomic E-state index is 0.0681. The molecular formula is C11H15NO. The fourth-order valence-electron chi connectivity index (χ4n) is 1.77. The van der Waals surface area contributed by atoms with Gasteiger partial charge in [-0.1, -0.05) is 37.3 Å². The molecule has 0 amide bonds. The first-order valence-corrected chi connectivity index (χ1v) is 4.75. The van der Waals surface area contributed by atoms with Crippen LogP contribution in [0.3, 0.4) is 0 Å². The lowest BCUT2D eigenvalue weighted by atomic mass is 9.97. The Bertz CT molecular complexity index is 279. The van der Waals surface area contributed by atoms with Crippen molar-refractivity contribution in [2.45, 2.75) is 25.0 Å². The van der Waals surface area contributed by atoms with Gasteiger partial charge in [-0.25, -0.2) is 0 Å². The molecule has 0 bridgehead atoms. The summed E-state index contributed by atoms with van der Waals surface area (Å²) in [6.07, 6.45) is 1.21. The minimum Gasteiger partial charge on any atom is -0.360 e. The van der Waals surface area contributed by atoms with Crippen molar-refractivity contribution in [3.8, 4) is 0 Å². The average molecular weight is 177 g/mol. The number of benzene rings is 1. The maximum absolute atomic E-state index is 5.68. The first kappa shape index (κ1) is 8.73. The van der Waals surface area contributed by atoms with Gasteiger partial charge < -0.3 is 10.5 Å². The van der Waals surface area contributed by atoms with Gasteiger partial charge in [0.2, 0.25) is 0 Å². The van der Waals surface area contributed by atoms with Crippen LogP contribution in [0.15, 0.2) is 30.3 Å². The normalized spacial score (nSPS) is 31.7. The molecule has 1 heterocycles. The first-order valence-electron chi connectivity index (χ1n) is 4.75. The minimum atomic E-state index is -0.0681. The molecule has 0 aromatic heterocycles. The van der Waals surface area contributed by atoms with E-state index in [4.69, 9.17) is 10.5 Å². The molecule has 0 saturated carbocycles. The summed E-state index contributed by atoms with van der Waals surface area (Å²) >= 11 is 0. The molecule has 2 atom stereocenters. The fraction of sp³-hybridized carbons (Fsp3) is 0.455. The third-order valence-corrected chi connectivity index (χ3v) is 2.82. The van der Waals surface area contributed by atoms with Crippen LogP contribution in [0.4, 0.5) is 0 Å². The van der Waals surface area contributed by atoms with Crippen molar-refractivity contribution in [1.82, 2.24) is 0 Å². The van der Waals surface area contributed by atoms with Crippen molar-refractivity contribution < 1.29 is 4.74 Å². The smallest absolute Gasteiger partial charge is 0.114 e. The molecule has 1 aromatic rings. The summed E-state index contributed by atoms with van der Waals surface area (Å²) in [4.78, 5) is 0.